The van der Waals surface area contributed by atoms with Crippen LogP contribution in [-0.2, 0) is 0 Å². The molecule has 0 saturated carbocycles. The van der Waals surface area contributed by atoms with Gasteiger partial charge in [-0.3, -0.25) is 0 Å². The van der Waals surface area contributed by atoms with Gasteiger partial charge in [-0.05, 0) is 22.6 Å². The van der Waals surface area contributed by atoms with Crippen molar-refractivity contribution in [2.45, 2.75) is 6.36 Å². The van der Waals surface area contributed by atoms with Gasteiger partial charge in [0.2, 0.25) is 5.88 Å². The van der Waals surface area contributed by atoms with Crippen molar-refractivity contribution in [3.63, 3.8) is 0 Å². The zero-order valence-corrected chi connectivity index (χ0v) is 9.87. The first kappa shape index (κ1) is 12.1. The number of ether oxygens (including phenoxy) is 1. The van der Waals surface area contributed by atoms with Crippen LogP contribution in [0, 0.1) is 3.57 Å². The second-order valence-corrected chi connectivity index (χ2v) is 3.95. The Hall–Kier alpha value is 0.0500. The van der Waals surface area contributed by atoms with Crippen molar-refractivity contribution in [1.29, 1.82) is 0 Å². The predicted molar refractivity (Wildman–Crippen MR) is 53.7 cm³/mol. The zero-order valence-electron chi connectivity index (χ0n) is 6.20. The van der Waals surface area contributed by atoms with Crippen molar-refractivity contribution in [3.05, 3.63) is 19.8 Å². The highest BCUT2D eigenvalue weighted by Gasteiger charge is 2.33. The van der Waals surface area contributed by atoms with E-state index >= 15 is 0 Å². The molecule has 0 aliphatic heterocycles. The molecule has 2 nitrogen and oxygen atoms in total. The Morgan fingerprint density at radius 1 is 1.36 bits per heavy atom. The van der Waals surface area contributed by atoms with Gasteiger partial charge in [-0.2, -0.15) is 0 Å². The van der Waals surface area contributed by atoms with Crippen LogP contribution in [0.25, 0.3) is 0 Å². The quantitative estimate of drug-likeness (QED) is 0.711. The van der Waals surface area contributed by atoms with E-state index in [2.05, 4.69) is 9.72 Å². The molecule has 0 bridgehead atoms. The first-order valence-electron chi connectivity index (χ1n) is 3.06. The van der Waals surface area contributed by atoms with Crippen LogP contribution in [0.3, 0.4) is 0 Å². The molecule has 8 heteroatoms. The van der Waals surface area contributed by atoms with Gasteiger partial charge in [0.15, 0.2) is 0 Å². The number of pyridine rings is 1. The molecule has 0 aromatic carbocycles. The second-order valence-electron chi connectivity index (χ2n) is 2.09. The maximum absolute atomic E-state index is 11.8. The van der Waals surface area contributed by atoms with E-state index < -0.39 is 12.2 Å². The predicted octanol–water partition coefficient (Wildman–Crippen LogP) is 3.89. The minimum Gasteiger partial charge on any atom is -0.386 e. The van der Waals surface area contributed by atoms with Crippen molar-refractivity contribution >= 4 is 45.8 Å². The van der Waals surface area contributed by atoms with Crippen molar-refractivity contribution in [2.24, 2.45) is 0 Å². The Kier molecular flexibility index (Phi) is 3.70. The first-order valence-corrected chi connectivity index (χ1v) is 4.90. The van der Waals surface area contributed by atoms with Crippen molar-refractivity contribution < 1.29 is 17.9 Å². The van der Waals surface area contributed by atoms with Gasteiger partial charge in [0.1, 0.15) is 5.02 Å². The summed E-state index contributed by atoms with van der Waals surface area (Å²) in [6, 6.07) is 0. The highest BCUT2D eigenvalue weighted by Crippen LogP contribution is 2.34. The van der Waals surface area contributed by atoms with E-state index in [0.717, 1.165) is 6.20 Å². The highest BCUT2D eigenvalue weighted by atomic mass is 127. The summed E-state index contributed by atoms with van der Waals surface area (Å²) in [5.41, 5.74) is 0. The molecule has 1 heterocycles. The van der Waals surface area contributed by atoms with E-state index in [1.807, 2.05) is 0 Å². The molecule has 0 amide bonds. The van der Waals surface area contributed by atoms with Crippen molar-refractivity contribution in [1.82, 2.24) is 4.98 Å². The minimum atomic E-state index is -4.81. The number of rotatable bonds is 1. The number of hydrogen-bond acceptors (Lipinski definition) is 2. The molecule has 0 aliphatic rings. The number of halogens is 6. The van der Waals surface area contributed by atoms with Crippen LogP contribution in [0.1, 0.15) is 0 Å². The Morgan fingerprint density at radius 2 is 1.93 bits per heavy atom. The largest absolute Gasteiger partial charge is 0.574 e. The molecular formula is C6HCl2F3INO. The lowest BCUT2D eigenvalue weighted by Gasteiger charge is -2.10. The van der Waals surface area contributed by atoms with Gasteiger partial charge in [-0.25, -0.2) is 4.98 Å². The minimum absolute atomic E-state index is 0.171. The van der Waals surface area contributed by atoms with Gasteiger partial charge >= 0.3 is 6.36 Å². The number of nitrogens with zero attached hydrogens (tertiary/aromatic N) is 1. The van der Waals surface area contributed by atoms with E-state index in [-0.39, 0.29) is 13.6 Å². The summed E-state index contributed by atoms with van der Waals surface area (Å²) in [6.07, 6.45) is -3.77. The number of alkyl halides is 3. The normalized spacial score (nSPS) is 11.6. The Balaban J connectivity index is 3.06. The molecule has 0 spiro atoms. The van der Waals surface area contributed by atoms with Gasteiger partial charge in [0, 0.05) is 0 Å². The summed E-state index contributed by atoms with van der Waals surface area (Å²) in [6.45, 7) is 0. The molecule has 1 aromatic heterocycles. The topological polar surface area (TPSA) is 22.1 Å². The monoisotopic (exact) mass is 357 g/mol. The summed E-state index contributed by atoms with van der Waals surface area (Å²) >= 11 is 12.8. The summed E-state index contributed by atoms with van der Waals surface area (Å²) in [5.74, 6) is -0.701. The van der Waals surface area contributed by atoms with E-state index in [0.29, 0.717) is 0 Å². The first-order chi connectivity index (χ1) is 6.31. The fourth-order valence-electron chi connectivity index (χ4n) is 0.608. The smallest absolute Gasteiger partial charge is 0.386 e. The molecule has 0 N–H and O–H groups in total. The molecule has 14 heavy (non-hydrogen) atoms. The maximum atomic E-state index is 11.8. The molecule has 0 fully saturated rings. The van der Waals surface area contributed by atoms with Gasteiger partial charge in [0.25, 0.3) is 0 Å². The van der Waals surface area contributed by atoms with E-state index in [9.17, 15) is 13.2 Å². The summed E-state index contributed by atoms with van der Waals surface area (Å²) in [5, 5.41) is -0.0828. The van der Waals surface area contributed by atoms with E-state index in [4.69, 9.17) is 23.2 Å². The summed E-state index contributed by atoms with van der Waals surface area (Å²) in [7, 11) is 0. The molecule has 0 unspecified atom stereocenters. The standard InChI is InChI=1S/C6HCl2F3INO/c7-2-1-13-5(3(8)4(2)12)14-6(9,10)11/h1H. The third-order valence-electron chi connectivity index (χ3n) is 1.10. The molecule has 0 saturated heterocycles. The number of aromatic nitrogens is 1. The lowest BCUT2D eigenvalue weighted by atomic mass is 10.5. The highest BCUT2D eigenvalue weighted by molar-refractivity contribution is 14.1. The van der Waals surface area contributed by atoms with Crippen LogP contribution in [0.5, 0.6) is 5.88 Å². The lowest BCUT2D eigenvalue weighted by molar-refractivity contribution is -0.276. The summed E-state index contributed by atoms with van der Waals surface area (Å²) in [4.78, 5) is 3.31. The van der Waals surface area contributed by atoms with Crippen molar-refractivity contribution in [2.75, 3.05) is 0 Å². The van der Waals surface area contributed by atoms with E-state index in [1.165, 1.54) is 0 Å². The molecule has 1 rings (SSSR count). The van der Waals surface area contributed by atoms with Crippen LogP contribution >= 0.6 is 45.8 Å². The molecule has 0 radical (unpaired) electrons. The SMILES string of the molecule is FC(F)(F)Oc1ncc(Cl)c(I)c1Cl. The van der Waals surface area contributed by atoms with Crippen LogP contribution < -0.4 is 4.74 Å². The van der Waals surface area contributed by atoms with Gasteiger partial charge < -0.3 is 4.74 Å². The van der Waals surface area contributed by atoms with Gasteiger partial charge in [-0.15, -0.1) is 13.2 Å². The fourth-order valence-corrected chi connectivity index (χ4v) is 1.36. The van der Waals surface area contributed by atoms with E-state index in [1.54, 1.807) is 22.6 Å². The zero-order chi connectivity index (χ0) is 10.9. The maximum Gasteiger partial charge on any atom is 0.574 e. The Bertz CT molecular complexity index is 358. The number of hydrogen-bond donors (Lipinski definition) is 0. The van der Waals surface area contributed by atoms with Crippen molar-refractivity contribution in [3.8, 4) is 5.88 Å². The molecule has 0 aliphatic carbocycles. The average molecular weight is 358 g/mol. The Morgan fingerprint density at radius 3 is 2.43 bits per heavy atom. The third kappa shape index (κ3) is 3.03. The van der Waals surface area contributed by atoms with Gasteiger partial charge in [0.05, 0.1) is 14.8 Å². The molecular weight excluding hydrogens is 357 g/mol. The van der Waals surface area contributed by atoms with Gasteiger partial charge in [-0.1, -0.05) is 23.2 Å². The summed E-state index contributed by atoms with van der Waals surface area (Å²) < 4.78 is 39.2. The van der Waals surface area contributed by atoms with Crippen LogP contribution in [-0.4, -0.2) is 11.3 Å². The van der Waals surface area contributed by atoms with Crippen LogP contribution in [0.15, 0.2) is 6.20 Å². The Labute approximate surface area is 100 Å². The second kappa shape index (κ2) is 4.28. The molecule has 1 aromatic rings. The van der Waals surface area contributed by atoms with Crippen LogP contribution in [0.4, 0.5) is 13.2 Å². The average Bonchev–Trinajstić information content (AvgIpc) is 2.04. The molecule has 0 atom stereocenters. The fraction of sp³-hybridized carbons (Fsp3) is 0.167. The lowest BCUT2D eigenvalue weighted by Crippen LogP contribution is -2.18. The molecule has 78 valence electrons. The third-order valence-corrected chi connectivity index (χ3v) is 3.49. The van der Waals surface area contributed by atoms with Crippen LogP contribution in [0.2, 0.25) is 10.0 Å².